The zero-order valence-corrected chi connectivity index (χ0v) is 18.0. The molecule has 0 unspecified atom stereocenters. The molecule has 34 heavy (non-hydrogen) atoms. The summed E-state index contributed by atoms with van der Waals surface area (Å²) in [6, 6.07) is 8.48. The number of nitrogens with one attached hydrogen (secondary N) is 1. The predicted molar refractivity (Wildman–Crippen MR) is 117 cm³/mol. The maximum Gasteiger partial charge on any atom is 0.281 e. The van der Waals surface area contributed by atoms with Crippen LogP contribution in [-0.4, -0.2) is 22.6 Å². The summed E-state index contributed by atoms with van der Waals surface area (Å²) in [7, 11) is 0. The van der Waals surface area contributed by atoms with Crippen LogP contribution in [0.4, 0.5) is 27.6 Å². The van der Waals surface area contributed by atoms with E-state index >= 15 is 13.2 Å². The molecule has 2 aromatic carbocycles. The molecule has 5 nitrogen and oxygen atoms in total. The van der Waals surface area contributed by atoms with Gasteiger partial charge in [0, 0.05) is 41.9 Å². The number of alkyl halides is 2. The second-order valence-electron chi connectivity index (χ2n) is 7.63. The lowest BCUT2D eigenvalue weighted by molar-refractivity contribution is -0.0728. The van der Waals surface area contributed by atoms with E-state index in [1.165, 1.54) is 30.5 Å². The minimum Gasteiger partial charge on any atom is -0.387 e. The van der Waals surface area contributed by atoms with Crippen molar-refractivity contribution in [2.24, 2.45) is 10.7 Å². The highest BCUT2D eigenvalue weighted by Crippen LogP contribution is 2.53. The number of aliphatic imine (C=N–C) groups is 1. The van der Waals surface area contributed by atoms with Crippen LogP contribution in [0.3, 0.4) is 0 Å². The van der Waals surface area contributed by atoms with Gasteiger partial charge in [-0.15, -0.1) is 0 Å². The molecule has 1 atom stereocenters. The zero-order chi connectivity index (χ0) is 24.7. The smallest absolute Gasteiger partial charge is 0.281 e. The molecule has 3 N–H and O–H groups in total. The summed E-state index contributed by atoms with van der Waals surface area (Å²) in [5, 5.41) is 2.54. The standard InChI is InChI=1S/C23H16ClF5N4O/c24-12-5-6-18(31-11-12)21(34)32-13-9-15(20(27)17(26)10-13)23(14-3-1-2-4-16(14)25)22(28,29)8-7-19(30)33-23/h1-6,9-11H,7-8H2,(H2,30,33)(H,32,34)/t23-/m0/s1. The second-order valence-corrected chi connectivity index (χ2v) is 8.07. The van der Waals surface area contributed by atoms with Crippen LogP contribution in [0.1, 0.15) is 34.5 Å². The molecule has 0 spiro atoms. The minimum atomic E-state index is -3.86. The maximum absolute atomic E-state index is 15.5. The number of hydrogen-bond acceptors (Lipinski definition) is 4. The number of amides is 1. The number of amidine groups is 1. The van der Waals surface area contributed by atoms with Gasteiger partial charge in [0.1, 0.15) is 11.5 Å². The van der Waals surface area contributed by atoms with E-state index < -0.39 is 52.4 Å². The predicted octanol–water partition coefficient (Wildman–Crippen LogP) is 5.43. The normalized spacial score (nSPS) is 19.4. The fraction of sp³-hybridized carbons (Fsp3) is 0.174. The van der Waals surface area contributed by atoms with Gasteiger partial charge in [-0.2, -0.15) is 0 Å². The summed E-state index contributed by atoms with van der Waals surface area (Å²) in [6.45, 7) is 0. The molecule has 0 aliphatic carbocycles. The van der Waals surface area contributed by atoms with Crippen molar-refractivity contribution in [1.82, 2.24) is 4.98 Å². The van der Waals surface area contributed by atoms with Gasteiger partial charge >= 0.3 is 0 Å². The molecule has 1 aromatic heterocycles. The van der Waals surface area contributed by atoms with Crippen molar-refractivity contribution in [3.63, 3.8) is 0 Å². The lowest BCUT2D eigenvalue weighted by Crippen LogP contribution is -2.50. The lowest BCUT2D eigenvalue weighted by atomic mass is 9.74. The summed E-state index contributed by atoms with van der Waals surface area (Å²) in [5.74, 6) is -9.32. The van der Waals surface area contributed by atoms with Gasteiger partial charge in [-0.3, -0.25) is 9.79 Å². The van der Waals surface area contributed by atoms with Crippen LogP contribution < -0.4 is 11.1 Å². The molecule has 1 amide bonds. The summed E-state index contributed by atoms with van der Waals surface area (Å²) in [5.41, 5.74) is 0.564. The lowest BCUT2D eigenvalue weighted by Gasteiger charge is -2.41. The number of hydrogen-bond donors (Lipinski definition) is 2. The Morgan fingerprint density at radius 1 is 1.03 bits per heavy atom. The van der Waals surface area contributed by atoms with Gasteiger partial charge in [0.15, 0.2) is 17.2 Å². The van der Waals surface area contributed by atoms with Gasteiger partial charge in [-0.05, 0) is 24.3 Å². The van der Waals surface area contributed by atoms with Crippen LogP contribution in [0.2, 0.25) is 5.02 Å². The molecule has 11 heteroatoms. The van der Waals surface area contributed by atoms with Crippen molar-refractivity contribution in [2.45, 2.75) is 24.3 Å². The molecule has 1 aliphatic heterocycles. The van der Waals surface area contributed by atoms with Gasteiger partial charge in [0.25, 0.3) is 11.8 Å². The van der Waals surface area contributed by atoms with Crippen molar-refractivity contribution < 1.29 is 26.7 Å². The molecule has 0 bridgehead atoms. The van der Waals surface area contributed by atoms with E-state index in [9.17, 15) is 13.6 Å². The number of aromatic nitrogens is 1. The molecule has 1 aliphatic rings. The topological polar surface area (TPSA) is 80.4 Å². The Labute approximate surface area is 195 Å². The number of carbonyl (C=O) groups is 1. The Morgan fingerprint density at radius 2 is 1.76 bits per heavy atom. The van der Waals surface area contributed by atoms with Gasteiger partial charge < -0.3 is 11.1 Å². The quantitative estimate of drug-likeness (QED) is 0.474. The average Bonchev–Trinajstić information content (AvgIpc) is 2.79. The summed E-state index contributed by atoms with van der Waals surface area (Å²) >= 11 is 5.74. The number of nitrogens with zero attached hydrogens (tertiary/aromatic N) is 2. The first-order chi connectivity index (χ1) is 16.0. The van der Waals surface area contributed by atoms with Crippen LogP contribution in [0, 0.1) is 17.5 Å². The number of anilines is 1. The largest absolute Gasteiger partial charge is 0.387 e. The fourth-order valence-electron chi connectivity index (χ4n) is 3.86. The molecule has 0 saturated heterocycles. The Morgan fingerprint density at radius 3 is 2.44 bits per heavy atom. The number of benzene rings is 2. The number of halogens is 6. The molecular weight excluding hydrogens is 479 g/mol. The highest BCUT2D eigenvalue weighted by atomic mass is 35.5. The number of rotatable bonds is 4. The zero-order valence-electron chi connectivity index (χ0n) is 17.3. The third-order valence-electron chi connectivity index (χ3n) is 5.44. The van der Waals surface area contributed by atoms with E-state index in [0.29, 0.717) is 6.07 Å². The van der Waals surface area contributed by atoms with Crippen molar-refractivity contribution in [3.05, 3.63) is 94.0 Å². The van der Waals surface area contributed by atoms with E-state index in [0.717, 1.165) is 18.2 Å². The van der Waals surface area contributed by atoms with Crippen LogP contribution in [-0.2, 0) is 5.54 Å². The maximum atomic E-state index is 15.5. The highest BCUT2D eigenvalue weighted by molar-refractivity contribution is 6.30. The van der Waals surface area contributed by atoms with Gasteiger partial charge in [0.05, 0.1) is 10.9 Å². The monoisotopic (exact) mass is 494 g/mol. The fourth-order valence-corrected chi connectivity index (χ4v) is 3.97. The van der Waals surface area contributed by atoms with E-state index in [-0.39, 0.29) is 28.7 Å². The SMILES string of the molecule is NC1=N[C@@](c2ccccc2F)(c2cc(NC(=O)c3ccc(Cl)cn3)cc(F)c2F)C(F)(F)CC1. The number of carbonyl (C=O) groups excluding carboxylic acids is 1. The molecule has 0 saturated carbocycles. The first-order valence-corrected chi connectivity index (χ1v) is 10.3. The van der Waals surface area contributed by atoms with Gasteiger partial charge in [-0.1, -0.05) is 29.8 Å². The molecule has 4 rings (SSSR count). The van der Waals surface area contributed by atoms with Crippen LogP contribution >= 0.6 is 11.6 Å². The van der Waals surface area contributed by atoms with Crippen molar-refractivity contribution in [1.29, 1.82) is 0 Å². The third kappa shape index (κ3) is 3.98. The average molecular weight is 495 g/mol. The third-order valence-corrected chi connectivity index (χ3v) is 5.66. The van der Waals surface area contributed by atoms with Crippen molar-refractivity contribution >= 4 is 29.0 Å². The van der Waals surface area contributed by atoms with E-state index in [2.05, 4.69) is 15.3 Å². The Bertz CT molecular complexity index is 1300. The second kappa shape index (κ2) is 8.68. The molecular formula is C23H16ClF5N4O. The highest BCUT2D eigenvalue weighted by Gasteiger charge is 2.60. The molecule has 0 fully saturated rings. The Hall–Kier alpha value is -3.53. The van der Waals surface area contributed by atoms with Crippen molar-refractivity contribution in [2.75, 3.05) is 5.32 Å². The molecule has 0 radical (unpaired) electrons. The summed E-state index contributed by atoms with van der Waals surface area (Å²) < 4.78 is 75.7. The summed E-state index contributed by atoms with van der Waals surface area (Å²) in [6.07, 6.45) is -0.0185. The number of nitrogens with two attached hydrogens (primary N) is 1. The first kappa shape index (κ1) is 23.6. The Balaban J connectivity index is 1.92. The van der Waals surface area contributed by atoms with Crippen molar-refractivity contribution in [3.8, 4) is 0 Å². The number of pyridine rings is 1. The van der Waals surface area contributed by atoms with Crippen LogP contribution in [0.25, 0.3) is 0 Å². The summed E-state index contributed by atoms with van der Waals surface area (Å²) in [4.78, 5) is 20.1. The van der Waals surface area contributed by atoms with Gasteiger partial charge in [0.2, 0.25) is 0 Å². The molecule has 176 valence electrons. The molecule has 2 heterocycles. The van der Waals surface area contributed by atoms with E-state index in [1.54, 1.807) is 0 Å². The van der Waals surface area contributed by atoms with E-state index in [1.807, 2.05) is 0 Å². The van der Waals surface area contributed by atoms with Crippen LogP contribution in [0.15, 0.2) is 59.7 Å². The first-order valence-electron chi connectivity index (χ1n) is 9.94. The molecule has 3 aromatic rings. The van der Waals surface area contributed by atoms with E-state index in [4.69, 9.17) is 17.3 Å². The van der Waals surface area contributed by atoms with Gasteiger partial charge in [-0.25, -0.2) is 26.9 Å². The van der Waals surface area contributed by atoms with Crippen LogP contribution in [0.5, 0.6) is 0 Å². The minimum absolute atomic E-state index is 0.121. The Kier molecular flexibility index (Phi) is 6.03.